The van der Waals surface area contributed by atoms with Gasteiger partial charge in [-0.1, -0.05) is 54.6 Å². The van der Waals surface area contributed by atoms with Crippen molar-refractivity contribution in [3.8, 4) is 11.1 Å². The standard InChI is InChI=1S/C32H34N4O5/c1-22(37)36-18-5-8-29(36)31(39)34-28-15-11-25(12-16-28)24-9-13-27(14-10-24)33-30(38)26-17-19-35(20-26)32(40)41-21-23-6-3-2-4-7-23/h2-4,6-7,9-16,26,29H,5,8,17-21H2,1H3,(H,33,38)(H,34,39)/t26?,29-/m0/s1. The Morgan fingerprint density at radius 1 is 0.780 bits per heavy atom. The zero-order valence-corrected chi connectivity index (χ0v) is 23.0. The fourth-order valence-corrected chi connectivity index (χ4v) is 5.33. The monoisotopic (exact) mass is 554 g/mol. The summed E-state index contributed by atoms with van der Waals surface area (Å²) in [6, 6.07) is 24.1. The van der Waals surface area contributed by atoms with E-state index in [2.05, 4.69) is 10.6 Å². The second-order valence-electron chi connectivity index (χ2n) is 10.5. The van der Waals surface area contributed by atoms with Gasteiger partial charge in [0.15, 0.2) is 0 Å². The maximum absolute atomic E-state index is 12.8. The minimum Gasteiger partial charge on any atom is -0.445 e. The summed E-state index contributed by atoms with van der Waals surface area (Å²) in [7, 11) is 0. The molecular formula is C32H34N4O5. The lowest BCUT2D eigenvalue weighted by Gasteiger charge is -2.22. The fourth-order valence-electron chi connectivity index (χ4n) is 5.33. The number of nitrogens with one attached hydrogen (secondary N) is 2. The first kappa shape index (κ1) is 27.9. The lowest BCUT2D eigenvalue weighted by Crippen LogP contribution is -2.42. The Balaban J connectivity index is 1.10. The van der Waals surface area contributed by atoms with Crippen molar-refractivity contribution in [2.24, 2.45) is 5.92 Å². The molecule has 3 aromatic rings. The van der Waals surface area contributed by atoms with E-state index < -0.39 is 12.1 Å². The summed E-state index contributed by atoms with van der Waals surface area (Å²) in [6.45, 7) is 3.12. The number of hydrogen-bond acceptors (Lipinski definition) is 5. The molecule has 2 heterocycles. The van der Waals surface area contributed by atoms with Crippen LogP contribution >= 0.6 is 0 Å². The van der Waals surface area contributed by atoms with Crippen LogP contribution in [0.2, 0.25) is 0 Å². The van der Waals surface area contributed by atoms with E-state index in [1.165, 1.54) is 6.92 Å². The molecule has 41 heavy (non-hydrogen) atoms. The number of rotatable bonds is 7. The Kier molecular flexibility index (Phi) is 8.62. The van der Waals surface area contributed by atoms with Crippen molar-refractivity contribution in [1.82, 2.24) is 9.80 Å². The quantitative estimate of drug-likeness (QED) is 0.432. The molecule has 0 aliphatic carbocycles. The molecule has 0 spiro atoms. The van der Waals surface area contributed by atoms with E-state index >= 15 is 0 Å². The number of anilines is 2. The Morgan fingerprint density at radius 3 is 2.00 bits per heavy atom. The highest BCUT2D eigenvalue weighted by Crippen LogP contribution is 2.26. The number of carbonyl (C=O) groups excluding carboxylic acids is 4. The molecule has 0 radical (unpaired) electrons. The van der Waals surface area contributed by atoms with Gasteiger partial charge < -0.3 is 25.2 Å². The molecule has 9 nitrogen and oxygen atoms in total. The normalized spacial score (nSPS) is 18.2. The van der Waals surface area contributed by atoms with Crippen molar-refractivity contribution in [1.29, 1.82) is 0 Å². The summed E-state index contributed by atoms with van der Waals surface area (Å²) >= 11 is 0. The third-order valence-corrected chi connectivity index (χ3v) is 7.62. The van der Waals surface area contributed by atoms with Crippen LogP contribution in [-0.4, -0.2) is 59.3 Å². The second-order valence-corrected chi connectivity index (χ2v) is 10.5. The molecule has 0 bridgehead atoms. The molecule has 2 saturated heterocycles. The fraction of sp³-hybridized carbons (Fsp3) is 0.312. The largest absolute Gasteiger partial charge is 0.445 e. The maximum Gasteiger partial charge on any atom is 0.410 e. The van der Waals surface area contributed by atoms with Gasteiger partial charge in [0.1, 0.15) is 12.6 Å². The lowest BCUT2D eigenvalue weighted by molar-refractivity contribution is -0.134. The Labute approximate surface area is 239 Å². The summed E-state index contributed by atoms with van der Waals surface area (Å²) in [6.07, 6.45) is 1.68. The van der Waals surface area contributed by atoms with Crippen molar-refractivity contribution < 1.29 is 23.9 Å². The van der Waals surface area contributed by atoms with E-state index in [0.29, 0.717) is 43.9 Å². The number of nitrogens with zero attached hydrogens (tertiary/aromatic N) is 2. The number of hydrogen-bond donors (Lipinski definition) is 2. The van der Waals surface area contributed by atoms with Crippen LogP contribution in [0, 0.1) is 5.92 Å². The summed E-state index contributed by atoms with van der Waals surface area (Å²) in [4.78, 5) is 52.9. The summed E-state index contributed by atoms with van der Waals surface area (Å²) in [5.41, 5.74) is 4.20. The van der Waals surface area contributed by atoms with Gasteiger partial charge in [-0.05, 0) is 60.2 Å². The molecule has 2 aliphatic rings. The van der Waals surface area contributed by atoms with Crippen molar-refractivity contribution >= 4 is 35.2 Å². The molecular weight excluding hydrogens is 520 g/mol. The summed E-state index contributed by atoms with van der Waals surface area (Å²) in [5, 5.41) is 5.87. The SMILES string of the molecule is CC(=O)N1CCC[C@H]1C(=O)Nc1ccc(-c2ccc(NC(=O)C3CCN(C(=O)OCc4ccccc4)C3)cc2)cc1. The second kappa shape index (κ2) is 12.7. The highest BCUT2D eigenvalue weighted by atomic mass is 16.6. The van der Waals surface area contributed by atoms with Crippen LogP contribution in [0.5, 0.6) is 0 Å². The van der Waals surface area contributed by atoms with Crippen molar-refractivity contribution in [2.75, 3.05) is 30.3 Å². The van der Waals surface area contributed by atoms with Gasteiger partial charge in [-0.15, -0.1) is 0 Å². The van der Waals surface area contributed by atoms with E-state index in [9.17, 15) is 19.2 Å². The van der Waals surface area contributed by atoms with Crippen molar-refractivity contribution in [3.63, 3.8) is 0 Å². The van der Waals surface area contributed by atoms with E-state index in [1.807, 2.05) is 78.9 Å². The van der Waals surface area contributed by atoms with E-state index in [4.69, 9.17) is 4.74 Å². The van der Waals surface area contributed by atoms with Gasteiger partial charge in [0.25, 0.3) is 0 Å². The molecule has 3 aromatic carbocycles. The highest BCUT2D eigenvalue weighted by Gasteiger charge is 2.33. The first-order chi connectivity index (χ1) is 19.9. The van der Waals surface area contributed by atoms with Gasteiger partial charge in [-0.25, -0.2) is 4.79 Å². The molecule has 9 heteroatoms. The number of amides is 4. The summed E-state index contributed by atoms with van der Waals surface area (Å²) < 4.78 is 5.40. The predicted octanol–water partition coefficient (Wildman–Crippen LogP) is 4.90. The lowest BCUT2D eigenvalue weighted by atomic mass is 10.0. The number of ether oxygens (including phenoxy) is 1. The Bertz CT molecular complexity index is 1390. The van der Waals surface area contributed by atoms with Crippen LogP contribution in [0.1, 0.15) is 31.7 Å². The Hall–Kier alpha value is -4.66. The predicted molar refractivity (Wildman–Crippen MR) is 156 cm³/mol. The molecule has 0 saturated carbocycles. The van der Waals surface area contributed by atoms with Crippen LogP contribution in [0.3, 0.4) is 0 Å². The van der Waals surface area contributed by atoms with Crippen LogP contribution in [0.25, 0.3) is 11.1 Å². The minimum atomic E-state index is -0.421. The zero-order chi connectivity index (χ0) is 28.8. The molecule has 212 valence electrons. The molecule has 4 amide bonds. The molecule has 2 aliphatic heterocycles. The Morgan fingerprint density at radius 2 is 1.39 bits per heavy atom. The molecule has 0 aromatic heterocycles. The van der Waals surface area contributed by atoms with Crippen LogP contribution in [-0.2, 0) is 25.7 Å². The van der Waals surface area contributed by atoms with Gasteiger partial charge in [0.2, 0.25) is 17.7 Å². The van der Waals surface area contributed by atoms with Crippen LogP contribution < -0.4 is 10.6 Å². The van der Waals surface area contributed by atoms with E-state index in [0.717, 1.165) is 23.1 Å². The van der Waals surface area contributed by atoms with E-state index in [-0.39, 0.29) is 30.2 Å². The molecule has 1 unspecified atom stereocenters. The van der Waals surface area contributed by atoms with Crippen LogP contribution in [0.15, 0.2) is 78.9 Å². The molecule has 2 fully saturated rings. The molecule has 2 atom stereocenters. The number of likely N-dealkylation sites (tertiary alicyclic amines) is 2. The zero-order valence-electron chi connectivity index (χ0n) is 23.0. The highest BCUT2D eigenvalue weighted by molar-refractivity contribution is 5.97. The van der Waals surface area contributed by atoms with Gasteiger partial charge in [-0.3, -0.25) is 14.4 Å². The molecule has 2 N–H and O–H groups in total. The van der Waals surface area contributed by atoms with Gasteiger partial charge in [0, 0.05) is 37.9 Å². The van der Waals surface area contributed by atoms with Crippen LogP contribution in [0.4, 0.5) is 16.2 Å². The van der Waals surface area contributed by atoms with Gasteiger partial charge >= 0.3 is 6.09 Å². The maximum atomic E-state index is 12.8. The third kappa shape index (κ3) is 6.92. The minimum absolute atomic E-state index is 0.0814. The van der Waals surface area contributed by atoms with Crippen molar-refractivity contribution in [2.45, 2.75) is 38.8 Å². The first-order valence-corrected chi connectivity index (χ1v) is 13.9. The average molecular weight is 555 g/mol. The van der Waals surface area contributed by atoms with Crippen molar-refractivity contribution in [3.05, 3.63) is 84.4 Å². The van der Waals surface area contributed by atoms with Gasteiger partial charge in [-0.2, -0.15) is 0 Å². The third-order valence-electron chi connectivity index (χ3n) is 7.62. The molecule has 5 rings (SSSR count). The number of carbonyl (C=O) groups is 4. The summed E-state index contributed by atoms with van der Waals surface area (Å²) in [5.74, 6) is -0.669. The number of benzene rings is 3. The van der Waals surface area contributed by atoms with E-state index in [1.54, 1.807) is 9.80 Å². The average Bonchev–Trinajstić information content (AvgIpc) is 3.69. The smallest absolute Gasteiger partial charge is 0.410 e. The topological polar surface area (TPSA) is 108 Å². The first-order valence-electron chi connectivity index (χ1n) is 13.9. The van der Waals surface area contributed by atoms with Gasteiger partial charge in [0.05, 0.1) is 5.92 Å².